The van der Waals surface area contributed by atoms with Crippen molar-refractivity contribution in [2.24, 2.45) is 5.92 Å². The second-order valence-corrected chi connectivity index (χ2v) is 4.69. The van der Waals surface area contributed by atoms with Crippen LogP contribution in [0.5, 0.6) is 0 Å². The predicted octanol–water partition coefficient (Wildman–Crippen LogP) is 1.65. The molecule has 0 aliphatic carbocycles. The number of hydrogen-bond donors (Lipinski definition) is 1. The first-order valence-electron chi connectivity index (χ1n) is 6.77. The summed E-state index contributed by atoms with van der Waals surface area (Å²) in [4.78, 5) is 10.9. The number of hydrogen-bond acceptors (Lipinski definition) is 5. The summed E-state index contributed by atoms with van der Waals surface area (Å²) in [6, 6.07) is 0. The van der Waals surface area contributed by atoms with Gasteiger partial charge in [0.25, 0.3) is 0 Å². The van der Waals surface area contributed by atoms with E-state index in [1.54, 1.807) is 0 Å². The fourth-order valence-corrected chi connectivity index (χ4v) is 2.03. The molecule has 1 fully saturated rings. The van der Waals surface area contributed by atoms with E-state index in [9.17, 15) is 9.90 Å². The Morgan fingerprint density at radius 2 is 2.26 bits per heavy atom. The van der Waals surface area contributed by atoms with E-state index in [4.69, 9.17) is 9.47 Å². The zero-order valence-electron chi connectivity index (χ0n) is 11.7. The van der Waals surface area contributed by atoms with Crippen molar-refractivity contribution in [2.45, 2.75) is 45.0 Å². The second kappa shape index (κ2) is 9.07. The van der Waals surface area contributed by atoms with E-state index < -0.39 is 0 Å². The number of unbranched alkanes of at least 4 members (excludes halogenated alkanes) is 1. The van der Waals surface area contributed by atoms with Gasteiger partial charge in [-0.2, -0.15) is 0 Å². The molecule has 5 heteroatoms. The van der Waals surface area contributed by atoms with Gasteiger partial charge in [-0.1, -0.05) is 12.2 Å². The molecule has 5 nitrogen and oxygen atoms in total. The number of aliphatic hydroxyl groups is 1. The lowest BCUT2D eigenvalue weighted by Crippen LogP contribution is -2.40. The first-order valence-corrected chi connectivity index (χ1v) is 6.77. The standard InChI is InChI=1S/C14H24O5/c1-11-18-10-12(13(9-15)19-11)7-5-3-4-6-8-14(16)17-2/h3,5,11-13,15H,4,6-10H2,1-2H3/t11-,12+,13+/m1/s1. The van der Waals surface area contributed by atoms with Gasteiger partial charge in [0.15, 0.2) is 6.29 Å². The van der Waals surface area contributed by atoms with Crippen molar-refractivity contribution in [1.82, 2.24) is 0 Å². The molecule has 0 amide bonds. The number of rotatable bonds is 7. The van der Waals surface area contributed by atoms with Crippen LogP contribution in [0.2, 0.25) is 0 Å². The first kappa shape index (κ1) is 16.1. The number of carbonyl (C=O) groups excluding carboxylic acids is 1. The molecule has 0 aromatic carbocycles. The summed E-state index contributed by atoms with van der Waals surface area (Å²) in [5, 5.41) is 9.25. The van der Waals surface area contributed by atoms with E-state index in [1.807, 2.05) is 6.92 Å². The quantitative estimate of drug-likeness (QED) is 0.433. The number of carbonyl (C=O) groups is 1. The van der Waals surface area contributed by atoms with E-state index in [1.165, 1.54) is 7.11 Å². The summed E-state index contributed by atoms with van der Waals surface area (Å²) in [5.41, 5.74) is 0. The van der Waals surface area contributed by atoms with Crippen LogP contribution in [0, 0.1) is 5.92 Å². The zero-order chi connectivity index (χ0) is 14.1. The summed E-state index contributed by atoms with van der Waals surface area (Å²) in [6.07, 6.45) is 6.64. The Morgan fingerprint density at radius 1 is 1.47 bits per heavy atom. The average molecular weight is 272 g/mol. The molecule has 0 bridgehead atoms. The molecular weight excluding hydrogens is 248 g/mol. The summed E-state index contributed by atoms with van der Waals surface area (Å²) >= 11 is 0. The van der Waals surface area contributed by atoms with E-state index in [0.29, 0.717) is 13.0 Å². The molecule has 3 atom stereocenters. The van der Waals surface area contributed by atoms with Crippen LogP contribution in [0.3, 0.4) is 0 Å². The Hall–Kier alpha value is -0.910. The fourth-order valence-electron chi connectivity index (χ4n) is 2.03. The molecule has 0 aromatic rings. The largest absolute Gasteiger partial charge is 0.469 e. The molecule has 110 valence electrons. The van der Waals surface area contributed by atoms with E-state index in [-0.39, 0.29) is 30.9 Å². The molecule has 1 rings (SSSR count). The van der Waals surface area contributed by atoms with Crippen molar-refractivity contribution < 1.29 is 24.1 Å². The average Bonchev–Trinajstić information content (AvgIpc) is 2.43. The minimum atomic E-state index is -0.238. The van der Waals surface area contributed by atoms with Gasteiger partial charge in [0.1, 0.15) is 0 Å². The summed E-state index contributed by atoms with van der Waals surface area (Å²) in [5.74, 6) is 0.0230. The summed E-state index contributed by atoms with van der Waals surface area (Å²) in [7, 11) is 1.40. The lowest BCUT2D eigenvalue weighted by molar-refractivity contribution is -0.234. The smallest absolute Gasteiger partial charge is 0.305 e. The normalized spacial score (nSPS) is 27.6. The maximum Gasteiger partial charge on any atom is 0.305 e. The third-order valence-corrected chi connectivity index (χ3v) is 3.20. The monoisotopic (exact) mass is 272 g/mol. The van der Waals surface area contributed by atoms with Gasteiger partial charge in [0.2, 0.25) is 0 Å². The van der Waals surface area contributed by atoms with Crippen LogP contribution in [-0.4, -0.2) is 43.8 Å². The Kier molecular flexibility index (Phi) is 7.70. The third-order valence-electron chi connectivity index (χ3n) is 3.20. The Bertz CT molecular complexity index is 290. The van der Waals surface area contributed by atoms with Gasteiger partial charge in [0.05, 0.1) is 26.4 Å². The topological polar surface area (TPSA) is 65.0 Å². The highest BCUT2D eigenvalue weighted by Gasteiger charge is 2.28. The van der Waals surface area contributed by atoms with Gasteiger partial charge in [-0.3, -0.25) is 4.79 Å². The number of esters is 1. The fraction of sp³-hybridized carbons (Fsp3) is 0.786. The van der Waals surface area contributed by atoms with Gasteiger partial charge >= 0.3 is 5.97 Å². The molecule has 0 saturated carbocycles. The van der Waals surface area contributed by atoms with E-state index in [0.717, 1.165) is 19.3 Å². The number of ether oxygens (including phenoxy) is 3. The maximum absolute atomic E-state index is 10.9. The van der Waals surface area contributed by atoms with Crippen LogP contribution < -0.4 is 0 Å². The molecule has 0 radical (unpaired) electrons. The molecule has 0 aromatic heterocycles. The third kappa shape index (κ3) is 6.18. The van der Waals surface area contributed by atoms with Crippen molar-refractivity contribution in [3.05, 3.63) is 12.2 Å². The molecule has 19 heavy (non-hydrogen) atoms. The van der Waals surface area contributed by atoms with Crippen molar-refractivity contribution in [3.63, 3.8) is 0 Å². The van der Waals surface area contributed by atoms with Crippen molar-refractivity contribution in [1.29, 1.82) is 0 Å². The SMILES string of the molecule is COC(=O)CCCC=CC[C@H]1CO[C@@H](C)O[C@H]1CO. The highest BCUT2D eigenvalue weighted by Crippen LogP contribution is 2.21. The van der Waals surface area contributed by atoms with Crippen LogP contribution in [0.15, 0.2) is 12.2 Å². The van der Waals surface area contributed by atoms with Gasteiger partial charge in [-0.15, -0.1) is 0 Å². The molecule has 1 heterocycles. The second-order valence-electron chi connectivity index (χ2n) is 4.69. The zero-order valence-corrected chi connectivity index (χ0v) is 11.7. The van der Waals surface area contributed by atoms with Crippen LogP contribution in [0.25, 0.3) is 0 Å². The first-order chi connectivity index (χ1) is 9.17. The Balaban J connectivity index is 2.18. The number of aliphatic hydroxyl groups excluding tert-OH is 1. The van der Waals surface area contributed by atoms with Gasteiger partial charge < -0.3 is 19.3 Å². The predicted molar refractivity (Wildman–Crippen MR) is 70.5 cm³/mol. The highest BCUT2D eigenvalue weighted by atomic mass is 16.7. The number of methoxy groups -OCH3 is 1. The Labute approximate surface area is 114 Å². The van der Waals surface area contributed by atoms with Crippen LogP contribution >= 0.6 is 0 Å². The summed E-state index contributed by atoms with van der Waals surface area (Å²) in [6.45, 7) is 2.47. The molecular formula is C14H24O5. The van der Waals surface area contributed by atoms with Crippen LogP contribution in [0.1, 0.15) is 32.6 Å². The molecule has 1 N–H and O–H groups in total. The Morgan fingerprint density at radius 3 is 2.95 bits per heavy atom. The van der Waals surface area contributed by atoms with Crippen molar-refractivity contribution in [3.8, 4) is 0 Å². The van der Waals surface area contributed by atoms with E-state index in [2.05, 4.69) is 16.9 Å². The maximum atomic E-state index is 10.9. The van der Waals surface area contributed by atoms with Gasteiger partial charge in [0, 0.05) is 12.3 Å². The lowest BCUT2D eigenvalue weighted by atomic mass is 9.98. The molecule has 0 unspecified atom stereocenters. The summed E-state index contributed by atoms with van der Waals surface area (Å²) < 4.78 is 15.5. The molecule has 1 aliphatic rings. The minimum absolute atomic E-state index is 0.0224. The van der Waals surface area contributed by atoms with Crippen LogP contribution in [-0.2, 0) is 19.0 Å². The molecule has 1 aliphatic heterocycles. The van der Waals surface area contributed by atoms with Crippen LogP contribution in [0.4, 0.5) is 0 Å². The molecule has 1 saturated heterocycles. The lowest BCUT2D eigenvalue weighted by Gasteiger charge is -2.33. The van der Waals surface area contributed by atoms with Gasteiger partial charge in [-0.05, 0) is 26.2 Å². The van der Waals surface area contributed by atoms with Gasteiger partial charge in [-0.25, -0.2) is 0 Å². The molecule has 0 spiro atoms. The minimum Gasteiger partial charge on any atom is -0.469 e. The highest BCUT2D eigenvalue weighted by molar-refractivity contribution is 5.68. The number of allylic oxidation sites excluding steroid dienone is 2. The van der Waals surface area contributed by atoms with Crippen molar-refractivity contribution >= 4 is 5.97 Å². The van der Waals surface area contributed by atoms with E-state index >= 15 is 0 Å². The van der Waals surface area contributed by atoms with Crippen molar-refractivity contribution in [2.75, 3.05) is 20.3 Å².